The van der Waals surface area contributed by atoms with Crippen LogP contribution in [0.5, 0.6) is 11.5 Å². The minimum Gasteiger partial charge on any atom is -0.454 e. The molecule has 3 aromatic rings. The van der Waals surface area contributed by atoms with E-state index >= 15 is 0 Å². The predicted molar refractivity (Wildman–Crippen MR) is 90.3 cm³/mol. The molecule has 5 nitrogen and oxygen atoms in total. The van der Waals surface area contributed by atoms with Gasteiger partial charge >= 0.3 is 0 Å². The maximum atomic E-state index is 12.0. The van der Waals surface area contributed by atoms with Crippen molar-refractivity contribution in [3.05, 3.63) is 46.0 Å². The molecule has 7 heteroatoms. The molecule has 1 aromatic carbocycles. The van der Waals surface area contributed by atoms with Gasteiger partial charge in [0.25, 0.3) is 0 Å². The van der Waals surface area contributed by atoms with Gasteiger partial charge in [-0.3, -0.25) is 4.79 Å². The topological polar surface area (TPSA) is 60.5 Å². The van der Waals surface area contributed by atoms with E-state index in [4.69, 9.17) is 9.47 Å². The fourth-order valence-electron chi connectivity index (χ4n) is 2.25. The number of nitrogens with one attached hydrogen (secondary N) is 1. The van der Waals surface area contributed by atoms with Gasteiger partial charge in [0.1, 0.15) is 0 Å². The molecule has 0 saturated heterocycles. The number of rotatable bonds is 4. The molecule has 0 aliphatic carbocycles. The lowest BCUT2D eigenvalue weighted by molar-refractivity contribution is -0.115. The average molecular weight is 344 g/mol. The monoisotopic (exact) mass is 344 g/mol. The molecule has 0 spiro atoms. The van der Waals surface area contributed by atoms with E-state index in [1.165, 1.54) is 11.3 Å². The minimum absolute atomic E-state index is 0.0564. The normalized spacial score (nSPS) is 12.3. The molecule has 1 amide bonds. The van der Waals surface area contributed by atoms with Crippen molar-refractivity contribution in [1.29, 1.82) is 0 Å². The third-order valence-electron chi connectivity index (χ3n) is 3.33. The molecule has 1 N–H and O–H groups in total. The minimum atomic E-state index is -0.0564. The van der Waals surface area contributed by atoms with Crippen molar-refractivity contribution in [2.24, 2.45) is 0 Å². The van der Waals surface area contributed by atoms with E-state index in [-0.39, 0.29) is 12.7 Å². The van der Waals surface area contributed by atoms with Crippen LogP contribution in [0.15, 0.2) is 41.1 Å². The van der Waals surface area contributed by atoms with Crippen LogP contribution >= 0.6 is 22.7 Å². The molecule has 1 aliphatic heterocycles. The molecule has 0 radical (unpaired) electrons. The summed E-state index contributed by atoms with van der Waals surface area (Å²) in [4.78, 5) is 17.5. The summed E-state index contributed by atoms with van der Waals surface area (Å²) < 4.78 is 10.7. The third-order valence-corrected chi connectivity index (χ3v) is 4.97. The number of amides is 1. The Hall–Kier alpha value is -2.38. The van der Waals surface area contributed by atoms with Crippen molar-refractivity contribution < 1.29 is 14.3 Å². The maximum absolute atomic E-state index is 12.0. The first-order valence-corrected chi connectivity index (χ1v) is 8.72. The molecule has 3 heterocycles. The van der Waals surface area contributed by atoms with Gasteiger partial charge in [0.05, 0.1) is 12.1 Å². The SMILES string of the molecule is O=C(Cc1cccs1)Nc1nc(-c2ccc3c(c2)OCO3)cs1. The predicted octanol–water partition coefficient (Wildman–Crippen LogP) is 3.78. The van der Waals surface area contributed by atoms with Gasteiger partial charge in [-0.05, 0) is 29.6 Å². The van der Waals surface area contributed by atoms with E-state index < -0.39 is 0 Å². The smallest absolute Gasteiger partial charge is 0.231 e. The molecule has 116 valence electrons. The highest BCUT2D eigenvalue weighted by molar-refractivity contribution is 7.14. The number of benzene rings is 1. The van der Waals surface area contributed by atoms with Gasteiger partial charge in [0, 0.05) is 15.8 Å². The Morgan fingerprint density at radius 3 is 3.00 bits per heavy atom. The Bertz CT molecular complexity index is 843. The number of ether oxygens (including phenoxy) is 2. The summed E-state index contributed by atoms with van der Waals surface area (Å²) >= 11 is 2.98. The van der Waals surface area contributed by atoms with Gasteiger partial charge < -0.3 is 14.8 Å². The van der Waals surface area contributed by atoms with E-state index in [0.717, 1.165) is 27.6 Å². The largest absolute Gasteiger partial charge is 0.454 e. The number of carbonyl (C=O) groups excluding carboxylic acids is 1. The first-order chi connectivity index (χ1) is 11.3. The summed E-state index contributed by atoms with van der Waals surface area (Å²) in [6, 6.07) is 9.58. The van der Waals surface area contributed by atoms with Gasteiger partial charge in [-0.25, -0.2) is 4.98 Å². The quantitative estimate of drug-likeness (QED) is 0.782. The number of thiazole rings is 1. The number of aromatic nitrogens is 1. The van der Waals surface area contributed by atoms with E-state index in [0.29, 0.717) is 11.6 Å². The summed E-state index contributed by atoms with van der Waals surface area (Å²) in [5.74, 6) is 1.41. The zero-order chi connectivity index (χ0) is 15.6. The van der Waals surface area contributed by atoms with Gasteiger partial charge in [0.2, 0.25) is 12.7 Å². The van der Waals surface area contributed by atoms with E-state index in [1.807, 2.05) is 41.1 Å². The number of hydrogen-bond acceptors (Lipinski definition) is 6. The number of carbonyl (C=O) groups is 1. The third kappa shape index (κ3) is 3.06. The zero-order valence-electron chi connectivity index (χ0n) is 11.9. The zero-order valence-corrected chi connectivity index (χ0v) is 13.6. The molecule has 0 bridgehead atoms. The van der Waals surface area contributed by atoms with Crippen LogP contribution < -0.4 is 14.8 Å². The Morgan fingerprint density at radius 1 is 1.22 bits per heavy atom. The van der Waals surface area contributed by atoms with E-state index in [1.54, 1.807) is 11.3 Å². The fourth-order valence-corrected chi connectivity index (χ4v) is 3.69. The van der Waals surface area contributed by atoms with Crippen LogP contribution in [0.25, 0.3) is 11.3 Å². The molecule has 1 aliphatic rings. The summed E-state index contributed by atoms with van der Waals surface area (Å²) in [7, 11) is 0. The first-order valence-electron chi connectivity index (χ1n) is 6.96. The summed E-state index contributed by atoms with van der Waals surface area (Å²) in [5, 5.41) is 7.32. The lowest BCUT2D eigenvalue weighted by Crippen LogP contribution is -2.13. The Balaban J connectivity index is 1.47. The molecule has 0 saturated carbocycles. The highest BCUT2D eigenvalue weighted by Crippen LogP contribution is 2.36. The Kier molecular flexibility index (Phi) is 3.72. The molecule has 23 heavy (non-hydrogen) atoms. The number of thiophene rings is 1. The van der Waals surface area contributed by atoms with Crippen LogP contribution in [0.3, 0.4) is 0 Å². The van der Waals surface area contributed by atoms with Crippen LogP contribution in [-0.4, -0.2) is 17.7 Å². The standard InChI is InChI=1S/C16H12N2O3S2/c19-15(7-11-2-1-5-22-11)18-16-17-12(8-23-16)10-3-4-13-14(6-10)21-9-20-13/h1-6,8H,7,9H2,(H,17,18,19). The van der Waals surface area contributed by atoms with Crippen LogP contribution in [0, 0.1) is 0 Å². The van der Waals surface area contributed by atoms with E-state index in [2.05, 4.69) is 10.3 Å². The summed E-state index contributed by atoms with van der Waals surface area (Å²) in [6.45, 7) is 0.250. The fraction of sp³-hybridized carbons (Fsp3) is 0.125. The molecule has 4 rings (SSSR count). The molecular weight excluding hydrogens is 332 g/mol. The molecule has 0 atom stereocenters. The second-order valence-corrected chi connectivity index (χ2v) is 6.80. The molecule has 0 unspecified atom stereocenters. The van der Waals surface area contributed by atoms with Crippen molar-refractivity contribution in [2.75, 3.05) is 12.1 Å². The lowest BCUT2D eigenvalue weighted by atomic mass is 10.1. The highest BCUT2D eigenvalue weighted by Gasteiger charge is 2.15. The Labute approximate surface area is 140 Å². The summed E-state index contributed by atoms with van der Waals surface area (Å²) in [6.07, 6.45) is 0.372. The van der Waals surface area contributed by atoms with Gasteiger partial charge in [0.15, 0.2) is 16.6 Å². The second-order valence-electron chi connectivity index (χ2n) is 4.91. The Morgan fingerprint density at radius 2 is 2.13 bits per heavy atom. The van der Waals surface area contributed by atoms with E-state index in [9.17, 15) is 4.79 Å². The lowest BCUT2D eigenvalue weighted by Gasteiger charge is -2.01. The first kappa shape index (κ1) is 14.2. The van der Waals surface area contributed by atoms with Crippen LogP contribution in [-0.2, 0) is 11.2 Å². The molecule has 0 fully saturated rings. The molecule has 2 aromatic heterocycles. The number of fused-ring (bicyclic) bond motifs is 1. The van der Waals surface area contributed by atoms with Crippen LogP contribution in [0.1, 0.15) is 4.88 Å². The van der Waals surface area contributed by atoms with Crippen LogP contribution in [0.4, 0.5) is 5.13 Å². The number of anilines is 1. The number of nitrogens with zero attached hydrogens (tertiary/aromatic N) is 1. The van der Waals surface area contributed by atoms with Gasteiger partial charge in [-0.15, -0.1) is 22.7 Å². The maximum Gasteiger partial charge on any atom is 0.231 e. The molecular formula is C16H12N2O3S2. The van der Waals surface area contributed by atoms with Gasteiger partial charge in [-0.2, -0.15) is 0 Å². The second kappa shape index (κ2) is 6.02. The van der Waals surface area contributed by atoms with Gasteiger partial charge in [-0.1, -0.05) is 6.07 Å². The van der Waals surface area contributed by atoms with Crippen molar-refractivity contribution in [1.82, 2.24) is 4.98 Å². The van der Waals surface area contributed by atoms with Crippen molar-refractivity contribution in [2.45, 2.75) is 6.42 Å². The van der Waals surface area contributed by atoms with Crippen LogP contribution in [0.2, 0.25) is 0 Å². The highest BCUT2D eigenvalue weighted by atomic mass is 32.1. The van der Waals surface area contributed by atoms with Crippen molar-refractivity contribution >= 4 is 33.7 Å². The average Bonchev–Trinajstić information content (AvgIpc) is 3.27. The number of hydrogen-bond donors (Lipinski definition) is 1. The summed E-state index contributed by atoms with van der Waals surface area (Å²) in [5.41, 5.74) is 1.74. The van der Waals surface area contributed by atoms with Crippen molar-refractivity contribution in [3.8, 4) is 22.8 Å². The van der Waals surface area contributed by atoms with Crippen molar-refractivity contribution in [3.63, 3.8) is 0 Å².